The number of anilines is 4. The zero-order valence-electron chi connectivity index (χ0n) is 63.3. The third-order valence-corrected chi connectivity index (χ3v) is 21.6. The maximum absolute atomic E-state index is 14.2. The van der Waals surface area contributed by atoms with Crippen molar-refractivity contribution in [2.45, 2.75) is 215 Å². The molecule has 0 spiro atoms. The Kier molecular flexibility index (Phi) is 37.3. The van der Waals surface area contributed by atoms with Crippen LogP contribution in [0.1, 0.15) is 81.3 Å². The molecule has 635 valence electrons. The van der Waals surface area contributed by atoms with E-state index >= 15 is 0 Å². The first-order valence-corrected chi connectivity index (χ1v) is 39.6. The predicted octanol–water partition coefficient (Wildman–Crippen LogP) is -7.87. The molecule has 0 saturated carbocycles. The van der Waals surface area contributed by atoms with Gasteiger partial charge in [0.1, 0.15) is 107 Å². The number of aliphatic carboxylic acids is 1. The predicted molar refractivity (Wildman–Crippen MR) is 401 cm³/mol. The van der Waals surface area contributed by atoms with Gasteiger partial charge in [0.2, 0.25) is 11.8 Å². The van der Waals surface area contributed by atoms with Crippen molar-refractivity contribution in [2.24, 2.45) is 0 Å². The van der Waals surface area contributed by atoms with E-state index < -0.39 is 256 Å². The summed E-state index contributed by atoms with van der Waals surface area (Å²) in [5, 5.41) is 146. The van der Waals surface area contributed by atoms with Gasteiger partial charge in [-0.1, -0.05) is 37.8 Å². The maximum Gasteiger partial charge on any atom is 0.364 e. The molecule has 117 heavy (non-hydrogen) atoms. The fraction of sp³-hybridized carbons (Fsp3) is 0.576. The van der Waals surface area contributed by atoms with Crippen LogP contribution in [0.25, 0.3) is 10.8 Å². The molecule has 0 aliphatic carbocycles. The van der Waals surface area contributed by atoms with E-state index in [2.05, 4.69) is 36.9 Å². The van der Waals surface area contributed by atoms with E-state index in [1.165, 1.54) is 31.2 Å². The van der Waals surface area contributed by atoms with Crippen LogP contribution < -0.4 is 54.0 Å². The quantitative estimate of drug-likeness (QED) is 0.00760. The van der Waals surface area contributed by atoms with Crippen LogP contribution in [0.3, 0.4) is 0 Å². The summed E-state index contributed by atoms with van der Waals surface area (Å²) in [5.74, 6) is -7.83. The van der Waals surface area contributed by atoms with Crippen LogP contribution in [0.15, 0.2) is 88.5 Å². The molecule has 5 heterocycles. The van der Waals surface area contributed by atoms with Crippen LogP contribution in [0.2, 0.25) is 0 Å². The van der Waals surface area contributed by atoms with E-state index in [4.69, 9.17) is 37.9 Å². The number of rotatable bonds is 37. The molecule has 5 aromatic rings. The van der Waals surface area contributed by atoms with Gasteiger partial charge in [-0.15, -0.1) is 0 Å². The van der Waals surface area contributed by atoms with Gasteiger partial charge >= 0.3 is 11.7 Å². The number of carboxylic acids is 1. The van der Waals surface area contributed by atoms with E-state index in [1.807, 2.05) is 4.98 Å². The first-order valence-electron chi connectivity index (χ1n) is 35.2. The molecule has 4 aliphatic rings. The first-order chi connectivity index (χ1) is 53.6. The molecule has 21 atom stereocenters. The number of aromatic nitrogens is 2. The van der Waals surface area contributed by atoms with Crippen LogP contribution in [0.5, 0.6) is 0 Å². The number of carbonyl (C=O) groups excluding carboxylic acids is 3. The van der Waals surface area contributed by atoms with Crippen molar-refractivity contribution in [3.8, 4) is 0 Å². The van der Waals surface area contributed by atoms with Crippen molar-refractivity contribution in [3.63, 3.8) is 0 Å². The summed E-state index contributed by atoms with van der Waals surface area (Å²) in [6.45, 7) is -1.69. The molecule has 1 aromatic heterocycles. The zero-order chi connectivity index (χ0) is 83.8. The van der Waals surface area contributed by atoms with Crippen molar-refractivity contribution in [1.82, 2.24) is 25.9 Å². The molecule has 51 heteroatoms. The topological polar surface area (TPSA) is 720 Å². The minimum Gasteiger partial charge on any atom is -0.477 e. The van der Waals surface area contributed by atoms with Gasteiger partial charge in [0.25, 0.3) is 58.5 Å². The summed E-state index contributed by atoms with van der Waals surface area (Å²) in [6, 6.07) is 5.83. The van der Waals surface area contributed by atoms with Crippen molar-refractivity contribution in [1.29, 1.82) is 0 Å². The average Bonchev–Trinajstić information content (AvgIpc) is 0.786. The number of aliphatic hydroxyl groups is 11. The second kappa shape index (κ2) is 43.3. The molecule has 4 aliphatic heterocycles. The number of benzene rings is 3. The summed E-state index contributed by atoms with van der Waals surface area (Å²) in [5.41, 5.74) is -4.63. The number of H-pyrrole nitrogens is 2. The standard InChI is InChI=1S/C66H88N8O37S3.3Na/c1-27-48(83)53(88)54(89)62(105-27)109-58-47(74-60(91)35-21-42(82)73-65(94)72-35)61(107-39(26-77)56(58)108-63-55(90)59(50(85)38(25-76)106-63)111-66(64(92)93)22-36(79)44(70-28(2)78)57(110-66)49(84)37(80)24-75)104-15-8-6-4-3-5-7-12-41(81)67-13-14-68-45-46(52(87)51(45)86)71-31-11-9-10-29(16-31)23-69-34-19-32(112(95,96)97)17-30-18-33(113(98,99)100)20-40(43(30)34)114(101,102)103;;;/h9-11,16-21,27,36-39,44,47-50,53-59,61-63,68-69,71,75-77,79-80,83-85,88-90H,3-8,12-15,22-26H2,1-2H3,(H,67,81)(H,70,78)(H,74,91)(H,92,93)(H,95,96,97)(H,98,99,100)(H,101,102,103)(H2,72,73,82,94);;;/t27-,36-,37+,38+,39+,44+,47+,48+,49+,50-,53+,54-,55+,56+,57+,58+,59-,61+,62-,63-,66-;;;/m0.../s1. The van der Waals surface area contributed by atoms with E-state index in [1.54, 1.807) is 0 Å². The zero-order valence-corrected chi connectivity index (χ0v) is 71.7. The Labute approximate surface area is 730 Å². The van der Waals surface area contributed by atoms with E-state index in [0.717, 1.165) is 13.0 Å². The molecule has 23 N–H and O–H groups in total. The third kappa shape index (κ3) is 24.9. The average molecular weight is 1750 g/mol. The fourth-order valence-corrected chi connectivity index (χ4v) is 15.2. The molecule has 3 radical (unpaired) electrons. The Morgan fingerprint density at radius 3 is 1.88 bits per heavy atom. The Hall–Kier alpha value is -5.07. The monoisotopic (exact) mass is 1750 g/mol. The summed E-state index contributed by atoms with van der Waals surface area (Å²) < 4.78 is 151. The van der Waals surface area contributed by atoms with Crippen molar-refractivity contribution >= 4 is 176 Å². The fourth-order valence-electron chi connectivity index (χ4n) is 13.3. The number of carboxylic acid groups (broad SMARTS) is 1. The third-order valence-electron chi connectivity index (χ3n) is 19.1. The first kappa shape index (κ1) is 101. The van der Waals surface area contributed by atoms with Gasteiger partial charge in [0.05, 0.1) is 47.9 Å². The van der Waals surface area contributed by atoms with E-state index in [9.17, 15) is 139 Å². The van der Waals surface area contributed by atoms with Gasteiger partial charge in [-0.05, 0) is 67.1 Å². The number of fused-ring (bicyclic) bond motifs is 1. The molecule has 45 nitrogen and oxygen atoms in total. The molecular weight excluding hydrogens is 1660 g/mol. The number of aromatic amines is 2. The number of hydrogen-bond acceptors (Lipinski definition) is 36. The Balaban J connectivity index is 0.00000709. The maximum atomic E-state index is 14.2. The Morgan fingerprint density at radius 1 is 0.650 bits per heavy atom. The molecule has 0 unspecified atom stereocenters. The molecule has 4 fully saturated rings. The summed E-state index contributed by atoms with van der Waals surface area (Å²) in [4.78, 5) is 104. The number of ether oxygens (including phenoxy) is 8. The largest absolute Gasteiger partial charge is 0.477 e. The van der Waals surface area contributed by atoms with Crippen LogP contribution in [0, 0.1) is 0 Å². The minimum absolute atomic E-state index is 0. The Bertz CT molecular complexity index is 4800. The van der Waals surface area contributed by atoms with Crippen LogP contribution >= 0.6 is 0 Å². The second-order valence-corrected chi connectivity index (χ2v) is 31.5. The number of unbranched alkanes of at least 4 members (excludes halogenated alkanes) is 5. The molecule has 9 rings (SSSR count). The number of amides is 3. The van der Waals surface area contributed by atoms with Crippen molar-refractivity contribution < 1.29 is 157 Å². The summed E-state index contributed by atoms with van der Waals surface area (Å²) >= 11 is 0. The van der Waals surface area contributed by atoms with Crippen molar-refractivity contribution in [2.75, 3.05) is 55.5 Å². The van der Waals surface area contributed by atoms with Gasteiger partial charge in [0, 0.05) is 158 Å². The van der Waals surface area contributed by atoms with Gasteiger partial charge in [-0.2, -0.15) is 25.3 Å². The normalized spacial score (nSPS) is 28.0. The van der Waals surface area contributed by atoms with Gasteiger partial charge < -0.3 is 136 Å². The van der Waals surface area contributed by atoms with Crippen LogP contribution in [-0.2, 0) is 89.2 Å². The molecule has 0 bridgehead atoms. The minimum atomic E-state index is -5.26. The van der Waals surface area contributed by atoms with Crippen molar-refractivity contribution in [3.05, 3.63) is 107 Å². The summed E-state index contributed by atoms with van der Waals surface area (Å²) in [7, 11) is -15.4. The van der Waals surface area contributed by atoms with Crippen LogP contribution in [-0.4, -0.2) is 390 Å². The summed E-state index contributed by atoms with van der Waals surface area (Å²) in [6.07, 6.45) is -35.1. The molecule has 4 aromatic carbocycles. The van der Waals surface area contributed by atoms with Gasteiger partial charge in [-0.25, -0.2) is 9.59 Å². The number of hydrogen-bond donors (Lipinski definition) is 23. The smallest absolute Gasteiger partial charge is 0.364 e. The number of nitrogens with one attached hydrogen (secondary N) is 8. The number of carbonyl (C=O) groups is 4. The van der Waals surface area contributed by atoms with E-state index in [0.29, 0.717) is 61.9 Å². The van der Waals surface area contributed by atoms with E-state index in [-0.39, 0.29) is 156 Å². The Morgan fingerprint density at radius 2 is 1.26 bits per heavy atom. The number of aliphatic hydroxyl groups excluding tert-OH is 11. The SMILES string of the molecule is CC(=O)N[C@H]1[C@H]([C@H](O)[C@H](O)CO)O[C@@](O[C@H]2[C@@H](O)[C@@H](CO)O[C@@H](O[C@H]3[C@H](O[C@@H]4O[C@@H](C)[C@@H](O)[C@@H](O)[C@@H]4O)[C@@H](NC(=O)c4cc(=O)[nH]c(=O)[nH]4)[C@H](OCCCCCCCCC(=O)NCCNc4c(Nc5cccc(CNc6cc(S(=O)(=O)O)cc7cc(S(=O)(=O)O)cc(S(=O)(=O)O)c67)c5)c(=O)c4=O)O[C@@H]3CO)[C@@H]2O)(C(=O)O)C[C@@H]1O.[Na].[Na].[Na]. The molecule has 3 amide bonds. The second-order valence-electron chi connectivity index (χ2n) is 27.3. The van der Waals surface area contributed by atoms with Gasteiger partial charge in [-0.3, -0.25) is 47.4 Å². The van der Waals surface area contributed by atoms with Gasteiger partial charge in [0.15, 0.2) is 18.9 Å². The molecule has 4 saturated heterocycles. The molecular formula is C66H88N8Na3O37S3. The van der Waals surface area contributed by atoms with Crippen LogP contribution in [0.4, 0.5) is 22.7 Å².